The van der Waals surface area contributed by atoms with E-state index in [0.29, 0.717) is 17.6 Å². The number of hydrogen-bond acceptors (Lipinski definition) is 5. The van der Waals surface area contributed by atoms with Gasteiger partial charge >= 0.3 is 0 Å². The highest BCUT2D eigenvalue weighted by molar-refractivity contribution is 7.13. The van der Waals surface area contributed by atoms with E-state index in [1.807, 2.05) is 24.7 Å². The summed E-state index contributed by atoms with van der Waals surface area (Å²) in [6, 6.07) is 0.563. The first kappa shape index (κ1) is 17.1. The molecule has 24 heavy (non-hydrogen) atoms. The minimum absolute atomic E-state index is 0.0553. The van der Waals surface area contributed by atoms with Gasteiger partial charge in [-0.2, -0.15) is 0 Å². The van der Waals surface area contributed by atoms with Crippen LogP contribution >= 0.6 is 11.3 Å². The highest BCUT2D eigenvalue weighted by Gasteiger charge is 2.22. The minimum Gasteiger partial charge on any atom is -0.335 e. The quantitative estimate of drug-likeness (QED) is 0.836. The van der Waals surface area contributed by atoms with Crippen molar-refractivity contribution in [3.63, 3.8) is 0 Å². The van der Waals surface area contributed by atoms with Crippen LogP contribution in [0.5, 0.6) is 0 Å². The SMILES string of the molecule is Cc1nccn1CCC1CCCCN1CCC(=O)Nc1nccs1. The fourth-order valence-electron chi connectivity index (χ4n) is 3.32. The van der Waals surface area contributed by atoms with Crippen molar-refractivity contribution in [3.8, 4) is 0 Å². The van der Waals surface area contributed by atoms with Gasteiger partial charge in [0.1, 0.15) is 5.82 Å². The van der Waals surface area contributed by atoms with E-state index < -0.39 is 0 Å². The van der Waals surface area contributed by atoms with Gasteiger partial charge in [-0.25, -0.2) is 9.97 Å². The van der Waals surface area contributed by atoms with Crippen LogP contribution in [0.2, 0.25) is 0 Å². The number of amides is 1. The van der Waals surface area contributed by atoms with Crippen LogP contribution in [0.3, 0.4) is 0 Å². The summed E-state index contributed by atoms with van der Waals surface area (Å²) in [4.78, 5) is 22.9. The van der Waals surface area contributed by atoms with Gasteiger partial charge < -0.3 is 9.88 Å². The molecule has 130 valence electrons. The lowest BCUT2D eigenvalue weighted by Gasteiger charge is -2.35. The van der Waals surface area contributed by atoms with E-state index >= 15 is 0 Å². The maximum atomic E-state index is 12.1. The van der Waals surface area contributed by atoms with Crippen LogP contribution in [0.15, 0.2) is 24.0 Å². The second-order valence-corrected chi connectivity index (χ2v) is 7.17. The average Bonchev–Trinajstić information content (AvgIpc) is 3.23. The van der Waals surface area contributed by atoms with Gasteiger partial charge in [0.15, 0.2) is 5.13 Å². The largest absolute Gasteiger partial charge is 0.335 e. The van der Waals surface area contributed by atoms with Crippen LogP contribution < -0.4 is 5.32 Å². The number of carbonyl (C=O) groups is 1. The van der Waals surface area contributed by atoms with Crippen LogP contribution in [0.25, 0.3) is 0 Å². The molecule has 3 rings (SSSR count). The third-order valence-electron chi connectivity index (χ3n) is 4.68. The lowest BCUT2D eigenvalue weighted by atomic mass is 9.99. The number of piperidine rings is 1. The van der Waals surface area contributed by atoms with E-state index in [-0.39, 0.29) is 5.91 Å². The number of anilines is 1. The minimum atomic E-state index is 0.0553. The van der Waals surface area contributed by atoms with Gasteiger partial charge in [0.05, 0.1) is 0 Å². The molecule has 3 heterocycles. The molecule has 1 saturated heterocycles. The molecule has 1 atom stereocenters. The number of rotatable bonds is 7. The van der Waals surface area contributed by atoms with Crippen molar-refractivity contribution in [3.05, 3.63) is 29.8 Å². The summed E-state index contributed by atoms with van der Waals surface area (Å²) in [6.45, 7) is 4.96. The Bertz CT molecular complexity index is 639. The molecule has 1 N–H and O–H groups in total. The summed E-state index contributed by atoms with van der Waals surface area (Å²) < 4.78 is 2.21. The summed E-state index contributed by atoms with van der Waals surface area (Å²) >= 11 is 1.46. The molecule has 2 aromatic rings. The molecule has 0 saturated carbocycles. The summed E-state index contributed by atoms with van der Waals surface area (Å²) in [5.74, 6) is 1.12. The van der Waals surface area contributed by atoms with Crippen molar-refractivity contribution in [2.24, 2.45) is 0 Å². The van der Waals surface area contributed by atoms with Gasteiger partial charge in [0.25, 0.3) is 0 Å². The van der Waals surface area contributed by atoms with Crippen LogP contribution in [0.4, 0.5) is 5.13 Å². The van der Waals surface area contributed by atoms with E-state index in [0.717, 1.165) is 31.9 Å². The van der Waals surface area contributed by atoms with Gasteiger partial charge in [0.2, 0.25) is 5.91 Å². The predicted octanol–water partition coefficient (Wildman–Crippen LogP) is 2.92. The van der Waals surface area contributed by atoms with Gasteiger partial charge in [-0.05, 0) is 32.7 Å². The van der Waals surface area contributed by atoms with Crippen molar-refractivity contribution >= 4 is 22.4 Å². The summed E-state index contributed by atoms with van der Waals surface area (Å²) in [5, 5.41) is 5.42. The first-order valence-electron chi connectivity index (χ1n) is 8.63. The molecule has 2 aromatic heterocycles. The van der Waals surface area contributed by atoms with Gasteiger partial charge in [-0.3, -0.25) is 9.69 Å². The monoisotopic (exact) mass is 347 g/mol. The average molecular weight is 347 g/mol. The molecule has 6 nitrogen and oxygen atoms in total. The van der Waals surface area contributed by atoms with Crippen molar-refractivity contribution in [1.29, 1.82) is 0 Å². The second-order valence-electron chi connectivity index (χ2n) is 6.28. The van der Waals surface area contributed by atoms with Crippen LogP contribution in [0.1, 0.15) is 37.9 Å². The number of hydrogen-bond donors (Lipinski definition) is 1. The van der Waals surface area contributed by atoms with Gasteiger partial charge in [-0.1, -0.05) is 6.42 Å². The summed E-state index contributed by atoms with van der Waals surface area (Å²) in [6.07, 6.45) is 11.0. The van der Waals surface area contributed by atoms with E-state index in [4.69, 9.17) is 0 Å². The van der Waals surface area contributed by atoms with Gasteiger partial charge in [0, 0.05) is 49.5 Å². The molecule has 1 unspecified atom stereocenters. The Morgan fingerprint density at radius 3 is 3.00 bits per heavy atom. The Labute approximate surface area is 146 Å². The number of nitrogens with one attached hydrogen (secondary N) is 1. The molecule has 1 amide bonds. The predicted molar refractivity (Wildman–Crippen MR) is 96.2 cm³/mol. The van der Waals surface area contributed by atoms with Crippen molar-refractivity contribution < 1.29 is 4.79 Å². The Kier molecular flexibility index (Phi) is 5.98. The zero-order chi connectivity index (χ0) is 16.8. The molecule has 0 spiro atoms. The number of aryl methyl sites for hydroxylation is 2. The lowest BCUT2D eigenvalue weighted by Crippen LogP contribution is -2.41. The molecule has 1 aliphatic rings. The van der Waals surface area contributed by atoms with Gasteiger partial charge in [-0.15, -0.1) is 11.3 Å². The topological polar surface area (TPSA) is 63.1 Å². The second kappa shape index (κ2) is 8.39. The molecule has 0 aromatic carbocycles. The number of imidazole rings is 1. The standard InChI is InChI=1S/C17H25N5OS/c1-14-18-7-12-21(14)10-5-15-4-2-3-9-22(15)11-6-16(23)20-17-19-8-13-24-17/h7-8,12-13,15H,2-6,9-11H2,1H3,(H,19,20,23). The number of thiazole rings is 1. The smallest absolute Gasteiger partial charge is 0.227 e. The fourth-order valence-corrected chi connectivity index (χ4v) is 3.87. The molecular weight excluding hydrogens is 322 g/mol. The first-order chi connectivity index (χ1) is 11.7. The molecule has 1 aliphatic heterocycles. The number of aromatic nitrogens is 3. The van der Waals surface area contributed by atoms with Crippen LogP contribution in [-0.4, -0.2) is 44.5 Å². The number of likely N-dealkylation sites (tertiary alicyclic amines) is 1. The molecule has 0 bridgehead atoms. The highest BCUT2D eigenvalue weighted by Crippen LogP contribution is 2.21. The molecule has 1 fully saturated rings. The zero-order valence-corrected chi connectivity index (χ0v) is 15.0. The number of carbonyl (C=O) groups excluding carboxylic acids is 1. The Morgan fingerprint density at radius 1 is 1.33 bits per heavy atom. The maximum absolute atomic E-state index is 12.1. The number of nitrogens with zero attached hydrogens (tertiary/aromatic N) is 4. The Morgan fingerprint density at radius 2 is 2.25 bits per heavy atom. The zero-order valence-electron chi connectivity index (χ0n) is 14.1. The molecule has 0 aliphatic carbocycles. The highest BCUT2D eigenvalue weighted by atomic mass is 32.1. The Balaban J connectivity index is 1.47. The molecular formula is C17H25N5OS. The van der Waals surface area contributed by atoms with E-state index in [2.05, 4.69) is 24.8 Å². The van der Waals surface area contributed by atoms with Crippen molar-refractivity contribution in [2.75, 3.05) is 18.4 Å². The first-order valence-corrected chi connectivity index (χ1v) is 9.51. The van der Waals surface area contributed by atoms with E-state index in [9.17, 15) is 4.79 Å². The maximum Gasteiger partial charge on any atom is 0.227 e. The van der Waals surface area contributed by atoms with E-state index in [1.165, 1.54) is 30.6 Å². The molecule has 7 heteroatoms. The summed E-state index contributed by atoms with van der Waals surface area (Å²) in [5.41, 5.74) is 0. The third kappa shape index (κ3) is 4.64. The third-order valence-corrected chi connectivity index (χ3v) is 5.37. The van der Waals surface area contributed by atoms with Crippen LogP contribution in [-0.2, 0) is 11.3 Å². The lowest BCUT2D eigenvalue weighted by molar-refractivity contribution is -0.116. The Hall–Kier alpha value is -1.73. The normalized spacial score (nSPS) is 18.6. The van der Waals surface area contributed by atoms with Crippen LogP contribution in [0, 0.1) is 6.92 Å². The van der Waals surface area contributed by atoms with Crippen molar-refractivity contribution in [2.45, 2.75) is 51.6 Å². The van der Waals surface area contributed by atoms with E-state index in [1.54, 1.807) is 6.20 Å². The fraction of sp³-hybridized carbons (Fsp3) is 0.588. The van der Waals surface area contributed by atoms with Crippen molar-refractivity contribution in [1.82, 2.24) is 19.4 Å². The molecule has 0 radical (unpaired) electrons. The summed E-state index contributed by atoms with van der Waals surface area (Å²) in [7, 11) is 0.